The summed E-state index contributed by atoms with van der Waals surface area (Å²) in [4.78, 5) is 2.46. The third-order valence-electron chi connectivity index (χ3n) is 12.5. The molecule has 1 aliphatic carbocycles. The van der Waals surface area contributed by atoms with Crippen LogP contribution >= 0.6 is 0 Å². The maximum absolute atomic E-state index is 6.94. The van der Waals surface area contributed by atoms with Crippen molar-refractivity contribution < 1.29 is 4.74 Å². The standard InChI is InChI=1S/C57H37NO/c1-2-14-38(15-3-1)40-30-33-45(34-31-40)58(46-20-12-19-43(37-46)44-29-28-39-16-4-5-18-42(39)36-44)53-26-13-25-51-55(53)48-22-8-9-23-49(48)57(51)50-24-10-11-27-54(50)59-56-47-21-7-6-17-41(47)32-35-52(56)57/h1-37H. The van der Waals surface area contributed by atoms with Gasteiger partial charge in [-0.25, -0.2) is 0 Å². The van der Waals surface area contributed by atoms with Crippen LogP contribution < -0.4 is 9.64 Å². The Morgan fingerprint density at radius 1 is 0.356 bits per heavy atom. The number of nitrogens with zero attached hydrogens (tertiary/aromatic N) is 1. The van der Waals surface area contributed by atoms with E-state index in [0.29, 0.717) is 0 Å². The molecule has 276 valence electrons. The Morgan fingerprint density at radius 3 is 1.86 bits per heavy atom. The molecule has 1 heterocycles. The molecule has 0 saturated carbocycles. The van der Waals surface area contributed by atoms with E-state index in [2.05, 4.69) is 229 Å². The molecule has 0 radical (unpaired) electrons. The highest BCUT2D eigenvalue weighted by molar-refractivity contribution is 6.01. The van der Waals surface area contributed by atoms with Gasteiger partial charge in [-0.05, 0) is 97.6 Å². The van der Waals surface area contributed by atoms with E-state index >= 15 is 0 Å². The van der Waals surface area contributed by atoms with Crippen LogP contribution in [0.5, 0.6) is 11.5 Å². The van der Waals surface area contributed by atoms with Crippen LogP contribution in [0.4, 0.5) is 17.1 Å². The lowest BCUT2D eigenvalue weighted by atomic mass is 9.65. The van der Waals surface area contributed by atoms with Crippen LogP contribution in [0.1, 0.15) is 22.3 Å². The van der Waals surface area contributed by atoms with Gasteiger partial charge in [-0.1, -0.05) is 182 Å². The fourth-order valence-corrected chi connectivity index (χ4v) is 9.90. The van der Waals surface area contributed by atoms with Crippen molar-refractivity contribution in [2.24, 2.45) is 0 Å². The second kappa shape index (κ2) is 13.2. The predicted molar refractivity (Wildman–Crippen MR) is 244 cm³/mol. The highest BCUT2D eigenvalue weighted by Crippen LogP contribution is 2.64. The molecule has 0 aromatic heterocycles. The van der Waals surface area contributed by atoms with Crippen LogP contribution in [0.3, 0.4) is 0 Å². The van der Waals surface area contributed by atoms with Crippen molar-refractivity contribution in [2.75, 3.05) is 4.90 Å². The molecule has 1 atom stereocenters. The van der Waals surface area contributed by atoms with Crippen molar-refractivity contribution in [3.8, 4) is 44.9 Å². The van der Waals surface area contributed by atoms with Gasteiger partial charge in [0.05, 0.1) is 11.1 Å². The monoisotopic (exact) mass is 751 g/mol. The third-order valence-corrected chi connectivity index (χ3v) is 12.5. The second-order valence-electron chi connectivity index (χ2n) is 15.6. The first-order chi connectivity index (χ1) is 29.3. The Labute approximate surface area is 343 Å². The van der Waals surface area contributed by atoms with E-state index in [1.807, 2.05) is 0 Å². The summed E-state index contributed by atoms with van der Waals surface area (Å²) in [6.07, 6.45) is 0. The van der Waals surface area contributed by atoms with Crippen LogP contribution in [0.2, 0.25) is 0 Å². The number of para-hydroxylation sites is 1. The molecule has 2 nitrogen and oxygen atoms in total. The van der Waals surface area contributed by atoms with Crippen molar-refractivity contribution in [3.63, 3.8) is 0 Å². The predicted octanol–water partition coefficient (Wildman–Crippen LogP) is 15.3. The van der Waals surface area contributed by atoms with Gasteiger partial charge in [-0.15, -0.1) is 0 Å². The molecule has 0 N–H and O–H groups in total. The maximum atomic E-state index is 6.94. The van der Waals surface area contributed by atoms with Crippen molar-refractivity contribution in [1.82, 2.24) is 0 Å². The van der Waals surface area contributed by atoms with Crippen LogP contribution in [-0.4, -0.2) is 0 Å². The van der Waals surface area contributed by atoms with Crippen molar-refractivity contribution in [1.29, 1.82) is 0 Å². The van der Waals surface area contributed by atoms with Gasteiger partial charge in [0.1, 0.15) is 11.5 Å². The van der Waals surface area contributed by atoms with Crippen LogP contribution in [-0.2, 0) is 5.41 Å². The Hall–Kier alpha value is -7.68. The largest absolute Gasteiger partial charge is 0.456 e. The summed E-state index contributed by atoms with van der Waals surface area (Å²) in [5, 5.41) is 4.75. The number of hydrogen-bond acceptors (Lipinski definition) is 2. The molecular formula is C57H37NO. The summed E-state index contributed by atoms with van der Waals surface area (Å²) in [6, 6.07) is 81.7. The zero-order valence-corrected chi connectivity index (χ0v) is 32.2. The van der Waals surface area contributed by atoms with Crippen LogP contribution in [0.25, 0.3) is 54.9 Å². The summed E-state index contributed by atoms with van der Waals surface area (Å²) in [7, 11) is 0. The SMILES string of the molecule is c1ccc(-c2ccc(N(c3cccc(-c4ccc5ccccc5c4)c3)c3cccc4c3-c3ccccc3C43c4ccccc4Oc4c3ccc3ccccc43)cc2)cc1. The number of hydrogen-bond donors (Lipinski definition) is 0. The van der Waals surface area contributed by atoms with Crippen molar-refractivity contribution in [2.45, 2.75) is 5.41 Å². The van der Waals surface area contributed by atoms with E-state index in [0.717, 1.165) is 50.5 Å². The molecule has 0 fully saturated rings. The fraction of sp³-hybridized carbons (Fsp3) is 0.0175. The first kappa shape index (κ1) is 33.5. The van der Waals surface area contributed by atoms with Crippen LogP contribution in [0, 0.1) is 0 Å². The quantitative estimate of drug-likeness (QED) is 0.174. The van der Waals surface area contributed by atoms with E-state index in [9.17, 15) is 0 Å². The molecule has 2 heteroatoms. The molecular weight excluding hydrogens is 715 g/mol. The molecule has 10 aromatic carbocycles. The summed E-state index contributed by atoms with van der Waals surface area (Å²) >= 11 is 0. The molecule has 10 aromatic rings. The maximum Gasteiger partial charge on any atom is 0.140 e. The van der Waals surface area contributed by atoms with Crippen molar-refractivity contribution in [3.05, 3.63) is 247 Å². The first-order valence-electron chi connectivity index (χ1n) is 20.3. The zero-order valence-electron chi connectivity index (χ0n) is 32.2. The molecule has 0 bridgehead atoms. The fourth-order valence-electron chi connectivity index (χ4n) is 9.90. The number of fused-ring (bicyclic) bond motifs is 12. The molecule has 2 aliphatic rings. The summed E-state index contributed by atoms with van der Waals surface area (Å²) in [6.45, 7) is 0. The Kier molecular flexibility index (Phi) is 7.48. The van der Waals surface area contributed by atoms with E-state index in [-0.39, 0.29) is 0 Å². The van der Waals surface area contributed by atoms with Gasteiger partial charge in [0, 0.05) is 33.5 Å². The minimum atomic E-state index is -0.605. The summed E-state index contributed by atoms with van der Waals surface area (Å²) in [5.41, 5.74) is 14.7. The van der Waals surface area contributed by atoms with E-state index in [1.165, 1.54) is 55.3 Å². The lowest BCUT2D eigenvalue weighted by Crippen LogP contribution is -2.32. The number of rotatable bonds is 5. The molecule has 12 rings (SSSR count). The smallest absolute Gasteiger partial charge is 0.140 e. The number of benzene rings is 10. The third kappa shape index (κ3) is 5.06. The minimum Gasteiger partial charge on any atom is -0.456 e. The van der Waals surface area contributed by atoms with Crippen molar-refractivity contribution >= 4 is 38.6 Å². The summed E-state index contributed by atoms with van der Waals surface area (Å²) < 4.78 is 6.94. The first-order valence-corrected chi connectivity index (χ1v) is 20.3. The molecule has 1 unspecified atom stereocenters. The van der Waals surface area contributed by atoms with Gasteiger partial charge in [0.25, 0.3) is 0 Å². The molecule has 59 heavy (non-hydrogen) atoms. The Morgan fingerprint density at radius 2 is 0.983 bits per heavy atom. The molecule has 0 saturated heterocycles. The summed E-state index contributed by atoms with van der Waals surface area (Å²) in [5.74, 6) is 1.81. The molecule has 1 spiro atoms. The van der Waals surface area contributed by atoms with Gasteiger partial charge >= 0.3 is 0 Å². The van der Waals surface area contributed by atoms with Gasteiger partial charge in [0.15, 0.2) is 0 Å². The number of ether oxygens (including phenoxy) is 1. The van der Waals surface area contributed by atoms with E-state index in [1.54, 1.807) is 0 Å². The second-order valence-corrected chi connectivity index (χ2v) is 15.6. The average molecular weight is 752 g/mol. The minimum absolute atomic E-state index is 0.605. The van der Waals surface area contributed by atoms with E-state index in [4.69, 9.17) is 4.74 Å². The zero-order chi connectivity index (χ0) is 38.9. The molecule has 1 aliphatic heterocycles. The lowest BCUT2D eigenvalue weighted by Gasteiger charge is -2.40. The lowest BCUT2D eigenvalue weighted by molar-refractivity contribution is 0.441. The average Bonchev–Trinajstić information content (AvgIpc) is 3.60. The van der Waals surface area contributed by atoms with Gasteiger partial charge in [-0.3, -0.25) is 0 Å². The van der Waals surface area contributed by atoms with Gasteiger partial charge < -0.3 is 9.64 Å². The Balaban J connectivity index is 1.12. The van der Waals surface area contributed by atoms with Gasteiger partial charge in [0.2, 0.25) is 0 Å². The Bertz CT molecular complexity index is 3260. The molecule has 0 amide bonds. The van der Waals surface area contributed by atoms with Crippen LogP contribution in [0.15, 0.2) is 224 Å². The van der Waals surface area contributed by atoms with E-state index < -0.39 is 5.41 Å². The highest BCUT2D eigenvalue weighted by Gasteiger charge is 2.52. The normalized spacial score (nSPS) is 14.6. The highest BCUT2D eigenvalue weighted by atomic mass is 16.5. The topological polar surface area (TPSA) is 12.5 Å². The number of anilines is 3. The van der Waals surface area contributed by atoms with Gasteiger partial charge in [-0.2, -0.15) is 0 Å².